The van der Waals surface area contributed by atoms with Gasteiger partial charge in [-0.05, 0) is 43.7 Å². The van der Waals surface area contributed by atoms with E-state index >= 15 is 0 Å². The van der Waals surface area contributed by atoms with Crippen molar-refractivity contribution in [1.29, 1.82) is 0 Å². The lowest BCUT2D eigenvalue weighted by atomic mass is 10.2. The number of ether oxygens (including phenoxy) is 4. The van der Waals surface area contributed by atoms with Crippen LogP contribution in [0.4, 0.5) is 5.95 Å². The molecular formula is C27H32N4O6. The number of hydrogen-bond acceptors (Lipinski definition) is 8. The van der Waals surface area contributed by atoms with Gasteiger partial charge in [-0.1, -0.05) is 6.92 Å². The molecule has 0 aliphatic carbocycles. The molecule has 2 aromatic carbocycles. The quantitative estimate of drug-likeness (QED) is 0.459. The Bertz CT molecular complexity index is 1320. The third-order valence-corrected chi connectivity index (χ3v) is 6.46. The molecule has 1 amide bonds. The highest BCUT2D eigenvalue weighted by Gasteiger charge is 2.26. The Labute approximate surface area is 215 Å². The molecule has 10 heteroatoms. The van der Waals surface area contributed by atoms with Crippen molar-refractivity contribution >= 4 is 22.8 Å². The van der Waals surface area contributed by atoms with Gasteiger partial charge in [0.1, 0.15) is 24.7 Å². The van der Waals surface area contributed by atoms with Crippen LogP contribution in [0, 0.1) is 0 Å². The van der Waals surface area contributed by atoms with Gasteiger partial charge in [0.25, 0.3) is 11.5 Å². The maximum Gasteiger partial charge on any atom is 0.262 e. The van der Waals surface area contributed by atoms with Crippen LogP contribution in [0.3, 0.4) is 0 Å². The number of carbonyl (C=O) groups excluding carboxylic acids is 1. The van der Waals surface area contributed by atoms with Gasteiger partial charge in [-0.3, -0.25) is 14.2 Å². The van der Waals surface area contributed by atoms with Crippen molar-refractivity contribution in [2.75, 3.05) is 57.5 Å². The Morgan fingerprint density at radius 1 is 0.946 bits per heavy atom. The smallest absolute Gasteiger partial charge is 0.262 e. The van der Waals surface area contributed by atoms with Crippen LogP contribution in [0.2, 0.25) is 0 Å². The van der Waals surface area contributed by atoms with Crippen LogP contribution in [-0.4, -0.2) is 73.0 Å². The zero-order valence-electron chi connectivity index (χ0n) is 21.3. The molecule has 0 bridgehead atoms. The summed E-state index contributed by atoms with van der Waals surface area (Å²) < 4.78 is 24.2. The fourth-order valence-electron chi connectivity index (χ4n) is 4.60. The van der Waals surface area contributed by atoms with Crippen LogP contribution < -0.4 is 29.4 Å². The van der Waals surface area contributed by atoms with E-state index in [1.807, 2.05) is 26.0 Å². The van der Waals surface area contributed by atoms with Crippen molar-refractivity contribution in [3.8, 4) is 23.0 Å². The second-order valence-electron chi connectivity index (χ2n) is 8.94. The van der Waals surface area contributed by atoms with E-state index in [0.29, 0.717) is 86.6 Å². The van der Waals surface area contributed by atoms with Crippen molar-refractivity contribution in [2.45, 2.75) is 26.8 Å². The summed E-state index contributed by atoms with van der Waals surface area (Å²) in [6.45, 7) is 8.19. The molecule has 10 nitrogen and oxygen atoms in total. The molecule has 5 rings (SSSR count). The number of aromatic nitrogens is 2. The molecule has 1 saturated heterocycles. The zero-order chi connectivity index (χ0) is 25.8. The van der Waals surface area contributed by atoms with E-state index in [2.05, 4.69) is 4.90 Å². The number of rotatable bonds is 8. The van der Waals surface area contributed by atoms with E-state index in [0.717, 1.165) is 12.2 Å². The Balaban J connectivity index is 1.27. The molecule has 1 aromatic heterocycles. The van der Waals surface area contributed by atoms with Crippen molar-refractivity contribution in [3.63, 3.8) is 0 Å². The Morgan fingerprint density at radius 3 is 2.24 bits per heavy atom. The summed E-state index contributed by atoms with van der Waals surface area (Å²) in [6, 6.07) is 10.7. The van der Waals surface area contributed by atoms with Gasteiger partial charge in [-0.15, -0.1) is 0 Å². The lowest BCUT2D eigenvalue weighted by Crippen LogP contribution is -2.51. The van der Waals surface area contributed by atoms with E-state index in [1.54, 1.807) is 33.7 Å². The standard InChI is InChI=1S/C27H32N4O6/c1-3-9-31-26(33)21-16-23-24(36-15-14-35-23)17-22(21)28-27(31)30-12-10-29(11-13-30)25(32)18-37-20-7-5-19(6-8-20)34-4-2/h5-8,16-17H,3-4,9-15,18H2,1-2H3. The van der Waals surface area contributed by atoms with E-state index in [-0.39, 0.29) is 18.1 Å². The topological polar surface area (TPSA) is 95.4 Å². The van der Waals surface area contributed by atoms with Gasteiger partial charge in [-0.2, -0.15) is 0 Å². The summed E-state index contributed by atoms with van der Waals surface area (Å²) in [4.78, 5) is 34.9. The molecule has 0 N–H and O–H groups in total. The fraction of sp³-hybridized carbons (Fsp3) is 0.444. The summed E-state index contributed by atoms with van der Waals surface area (Å²) in [7, 11) is 0. The van der Waals surface area contributed by atoms with Gasteiger partial charge in [0.2, 0.25) is 5.95 Å². The Kier molecular flexibility index (Phi) is 7.34. The number of carbonyl (C=O) groups is 1. The number of fused-ring (bicyclic) bond motifs is 2. The summed E-state index contributed by atoms with van der Waals surface area (Å²) in [5, 5.41) is 0.515. The van der Waals surface area contributed by atoms with Crippen molar-refractivity contribution in [1.82, 2.24) is 14.5 Å². The molecular weight excluding hydrogens is 476 g/mol. The summed E-state index contributed by atoms with van der Waals surface area (Å²) in [6.07, 6.45) is 0.798. The summed E-state index contributed by atoms with van der Waals surface area (Å²) in [5.41, 5.74) is 0.486. The minimum atomic E-state index is -0.0962. The largest absolute Gasteiger partial charge is 0.494 e. The zero-order valence-corrected chi connectivity index (χ0v) is 21.3. The van der Waals surface area contributed by atoms with Crippen LogP contribution in [0.5, 0.6) is 23.0 Å². The molecule has 0 radical (unpaired) electrons. The molecule has 0 spiro atoms. The number of benzene rings is 2. The number of amides is 1. The third-order valence-electron chi connectivity index (χ3n) is 6.46. The molecule has 0 unspecified atom stereocenters. The third kappa shape index (κ3) is 5.28. The first-order chi connectivity index (χ1) is 18.1. The minimum Gasteiger partial charge on any atom is -0.494 e. The molecule has 0 saturated carbocycles. The Hall–Kier alpha value is -3.95. The average Bonchev–Trinajstić information content (AvgIpc) is 2.93. The van der Waals surface area contributed by atoms with E-state index in [9.17, 15) is 9.59 Å². The number of anilines is 1. The van der Waals surface area contributed by atoms with Gasteiger partial charge < -0.3 is 28.7 Å². The molecule has 37 heavy (non-hydrogen) atoms. The lowest BCUT2D eigenvalue weighted by Gasteiger charge is -2.36. The monoisotopic (exact) mass is 508 g/mol. The first kappa shape index (κ1) is 24.7. The maximum absolute atomic E-state index is 13.4. The first-order valence-electron chi connectivity index (χ1n) is 12.8. The van der Waals surface area contributed by atoms with Gasteiger partial charge in [0.05, 0.1) is 17.5 Å². The minimum absolute atomic E-state index is 0.0318. The van der Waals surface area contributed by atoms with Gasteiger partial charge in [0, 0.05) is 38.8 Å². The predicted octanol–water partition coefficient (Wildman–Crippen LogP) is 2.70. The molecule has 196 valence electrons. The van der Waals surface area contributed by atoms with Crippen LogP contribution in [-0.2, 0) is 11.3 Å². The fourth-order valence-corrected chi connectivity index (χ4v) is 4.60. The van der Waals surface area contributed by atoms with Crippen LogP contribution in [0.15, 0.2) is 41.2 Å². The van der Waals surface area contributed by atoms with Crippen LogP contribution >= 0.6 is 0 Å². The van der Waals surface area contributed by atoms with Crippen molar-refractivity contribution < 1.29 is 23.7 Å². The SMILES string of the molecule is CCCn1c(N2CCN(C(=O)COc3ccc(OCC)cc3)CC2)nc2cc3c(cc2c1=O)OCCO3. The molecule has 0 atom stereocenters. The second kappa shape index (κ2) is 11.0. The van der Waals surface area contributed by atoms with Crippen molar-refractivity contribution in [2.24, 2.45) is 0 Å². The lowest BCUT2D eigenvalue weighted by molar-refractivity contribution is -0.133. The predicted molar refractivity (Wildman–Crippen MR) is 139 cm³/mol. The molecule has 2 aliphatic rings. The molecule has 3 aromatic rings. The highest BCUT2D eigenvalue weighted by Crippen LogP contribution is 2.33. The highest BCUT2D eigenvalue weighted by molar-refractivity contribution is 5.83. The molecule has 1 fully saturated rings. The van der Waals surface area contributed by atoms with Crippen LogP contribution in [0.1, 0.15) is 20.3 Å². The normalized spacial score (nSPS) is 15.1. The van der Waals surface area contributed by atoms with E-state index < -0.39 is 0 Å². The molecule has 2 aliphatic heterocycles. The number of nitrogens with zero attached hydrogens (tertiary/aromatic N) is 4. The summed E-state index contributed by atoms with van der Waals surface area (Å²) >= 11 is 0. The number of hydrogen-bond donors (Lipinski definition) is 0. The number of piperazine rings is 1. The van der Waals surface area contributed by atoms with E-state index in [1.165, 1.54) is 0 Å². The molecule has 3 heterocycles. The van der Waals surface area contributed by atoms with E-state index in [4.69, 9.17) is 23.9 Å². The Morgan fingerprint density at radius 2 is 1.59 bits per heavy atom. The average molecular weight is 509 g/mol. The van der Waals surface area contributed by atoms with Crippen molar-refractivity contribution in [3.05, 3.63) is 46.8 Å². The maximum atomic E-state index is 13.4. The van der Waals surface area contributed by atoms with Gasteiger partial charge in [0.15, 0.2) is 18.1 Å². The highest BCUT2D eigenvalue weighted by atomic mass is 16.6. The van der Waals surface area contributed by atoms with Gasteiger partial charge >= 0.3 is 0 Å². The summed E-state index contributed by atoms with van der Waals surface area (Å²) in [5.74, 6) is 3.11. The van der Waals surface area contributed by atoms with Crippen LogP contribution in [0.25, 0.3) is 10.9 Å². The second-order valence-corrected chi connectivity index (χ2v) is 8.94. The first-order valence-corrected chi connectivity index (χ1v) is 12.8. The van der Waals surface area contributed by atoms with Gasteiger partial charge in [-0.25, -0.2) is 4.98 Å².